The van der Waals surface area contributed by atoms with Crippen LogP contribution in [0.25, 0.3) is 0 Å². The molecule has 1 aliphatic rings. The van der Waals surface area contributed by atoms with Gasteiger partial charge in [0.1, 0.15) is 0 Å². The van der Waals surface area contributed by atoms with Crippen LogP contribution < -0.4 is 5.32 Å². The van der Waals surface area contributed by atoms with E-state index in [2.05, 4.69) is 26.1 Å². The van der Waals surface area contributed by atoms with Crippen LogP contribution in [0.1, 0.15) is 40.0 Å². The van der Waals surface area contributed by atoms with Crippen LogP contribution in [-0.2, 0) is 14.6 Å². The summed E-state index contributed by atoms with van der Waals surface area (Å²) in [5.74, 6) is 0.408. The minimum Gasteiger partial charge on any atom is -0.377 e. The van der Waals surface area contributed by atoms with Crippen molar-refractivity contribution in [2.75, 3.05) is 31.2 Å². The van der Waals surface area contributed by atoms with Crippen molar-refractivity contribution in [3.8, 4) is 0 Å². The predicted molar refractivity (Wildman–Crippen MR) is 74.6 cm³/mol. The molecule has 1 heterocycles. The lowest BCUT2D eigenvalue weighted by molar-refractivity contribution is 0.127. The van der Waals surface area contributed by atoms with Crippen molar-refractivity contribution >= 4 is 9.84 Å². The summed E-state index contributed by atoms with van der Waals surface area (Å²) in [5, 5.41) is 3.20. The summed E-state index contributed by atoms with van der Waals surface area (Å²) in [5.41, 5.74) is 0.295. The summed E-state index contributed by atoms with van der Waals surface area (Å²) < 4.78 is 29.0. The normalized spacial score (nSPS) is 21.4. The van der Waals surface area contributed by atoms with Gasteiger partial charge < -0.3 is 10.1 Å². The summed E-state index contributed by atoms with van der Waals surface area (Å²) in [6.45, 7) is 8.68. The van der Waals surface area contributed by atoms with Crippen LogP contribution in [0.3, 0.4) is 0 Å². The number of sulfone groups is 1. The lowest BCUT2D eigenvalue weighted by Gasteiger charge is -2.18. The molecule has 0 saturated carbocycles. The molecule has 0 aromatic heterocycles. The first kappa shape index (κ1) is 15.9. The maximum atomic E-state index is 11.8. The highest BCUT2D eigenvalue weighted by atomic mass is 32.2. The molecule has 18 heavy (non-hydrogen) atoms. The fourth-order valence-corrected chi connectivity index (χ4v) is 3.41. The Bertz CT molecular complexity index is 327. The first-order valence-corrected chi connectivity index (χ1v) is 8.63. The summed E-state index contributed by atoms with van der Waals surface area (Å²) in [6.07, 6.45) is 2.86. The van der Waals surface area contributed by atoms with Gasteiger partial charge in [-0.15, -0.1) is 0 Å². The first-order chi connectivity index (χ1) is 8.29. The second kappa shape index (κ2) is 6.87. The van der Waals surface area contributed by atoms with Crippen LogP contribution in [0, 0.1) is 5.41 Å². The Labute approximate surface area is 111 Å². The smallest absolute Gasteiger partial charge is 0.154 e. The van der Waals surface area contributed by atoms with Gasteiger partial charge in [0.15, 0.2) is 9.84 Å². The molecule has 0 radical (unpaired) electrons. The van der Waals surface area contributed by atoms with Crippen molar-refractivity contribution in [3.63, 3.8) is 0 Å². The summed E-state index contributed by atoms with van der Waals surface area (Å²) >= 11 is 0. The Morgan fingerprint density at radius 3 is 2.56 bits per heavy atom. The molecule has 1 rings (SSSR count). The summed E-state index contributed by atoms with van der Waals surface area (Å²) in [7, 11) is -2.97. The van der Waals surface area contributed by atoms with Gasteiger partial charge in [-0.2, -0.15) is 0 Å². The fourth-order valence-electron chi connectivity index (χ4n) is 1.96. The van der Waals surface area contributed by atoms with Crippen molar-refractivity contribution in [2.24, 2.45) is 5.41 Å². The number of ether oxygens (including phenoxy) is 1. The zero-order valence-electron chi connectivity index (χ0n) is 11.9. The lowest BCUT2D eigenvalue weighted by Crippen LogP contribution is -2.30. The van der Waals surface area contributed by atoms with Gasteiger partial charge in [-0.25, -0.2) is 8.42 Å². The van der Waals surface area contributed by atoms with E-state index in [1.165, 1.54) is 0 Å². The van der Waals surface area contributed by atoms with Crippen LogP contribution in [-0.4, -0.2) is 45.7 Å². The lowest BCUT2D eigenvalue weighted by atomic mass is 9.92. The van der Waals surface area contributed by atoms with E-state index in [1.54, 1.807) is 0 Å². The molecule has 1 fully saturated rings. The van der Waals surface area contributed by atoms with Crippen LogP contribution in [0.5, 0.6) is 0 Å². The highest BCUT2D eigenvalue weighted by Crippen LogP contribution is 2.17. The monoisotopic (exact) mass is 277 g/mol. The van der Waals surface area contributed by atoms with E-state index < -0.39 is 9.84 Å². The molecule has 0 aromatic carbocycles. The largest absolute Gasteiger partial charge is 0.377 e. The van der Waals surface area contributed by atoms with Crippen molar-refractivity contribution in [2.45, 2.75) is 46.1 Å². The third kappa shape index (κ3) is 7.34. The molecule has 1 aliphatic heterocycles. The van der Waals surface area contributed by atoms with E-state index in [0.717, 1.165) is 25.8 Å². The molecule has 4 nitrogen and oxygen atoms in total. The minimum atomic E-state index is -2.97. The van der Waals surface area contributed by atoms with E-state index in [0.29, 0.717) is 18.6 Å². The molecule has 1 atom stereocenters. The van der Waals surface area contributed by atoms with Crippen molar-refractivity contribution in [1.29, 1.82) is 0 Å². The van der Waals surface area contributed by atoms with E-state index >= 15 is 0 Å². The average Bonchev–Trinajstić information content (AvgIpc) is 2.67. The van der Waals surface area contributed by atoms with Gasteiger partial charge in [-0.3, -0.25) is 0 Å². The molecule has 1 N–H and O–H groups in total. The molecular weight excluding hydrogens is 250 g/mol. The topological polar surface area (TPSA) is 55.4 Å². The SMILES string of the molecule is CC(C)(C)CCNCCS(=O)(=O)CC1CCCO1. The van der Waals surface area contributed by atoms with E-state index in [9.17, 15) is 8.42 Å². The Hall–Kier alpha value is -0.130. The third-order valence-corrected chi connectivity index (χ3v) is 4.81. The van der Waals surface area contributed by atoms with Crippen molar-refractivity contribution in [3.05, 3.63) is 0 Å². The Kier molecular flexibility index (Phi) is 6.08. The van der Waals surface area contributed by atoms with Gasteiger partial charge in [-0.1, -0.05) is 20.8 Å². The zero-order chi connectivity index (χ0) is 13.6. The van der Waals surface area contributed by atoms with Gasteiger partial charge in [0.25, 0.3) is 0 Å². The molecule has 0 amide bonds. The molecule has 0 aliphatic carbocycles. The van der Waals surface area contributed by atoms with Gasteiger partial charge in [0, 0.05) is 13.2 Å². The number of hydrogen-bond acceptors (Lipinski definition) is 4. The molecular formula is C13H27NO3S. The second-order valence-electron chi connectivity index (χ2n) is 6.31. The first-order valence-electron chi connectivity index (χ1n) is 6.81. The Morgan fingerprint density at radius 2 is 2.00 bits per heavy atom. The quantitative estimate of drug-likeness (QED) is 0.718. The molecule has 5 heteroatoms. The van der Waals surface area contributed by atoms with E-state index in [-0.39, 0.29) is 17.6 Å². The van der Waals surface area contributed by atoms with Crippen LogP contribution in [0.2, 0.25) is 0 Å². The molecule has 1 saturated heterocycles. The van der Waals surface area contributed by atoms with Gasteiger partial charge in [0.05, 0.1) is 17.6 Å². The Balaban J connectivity index is 2.13. The fraction of sp³-hybridized carbons (Fsp3) is 1.00. The molecule has 1 unspecified atom stereocenters. The zero-order valence-corrected chi connectivity index (χ0v) is 12.7. The van der Waals surface area contributed by atoms with Gasteiger partial charge in [-0.05, 0) is 31.2 Å². The molecule has 0 bridgehead atoms. The van der Waals surface area contributed by atoms with Crippen LogP contribution >= 0.6 is 0 Å². The van der Waals surface area contributed by atoms with E-state index in [4.69, 9.17) is 4.74 Å². The summed E-state index contributed by atoms with van der Waals surface area (Å²) in [6, 6.07) is 0. The third-order valence-electron chi connectivity index (χ3n) is 3.11. The Morgan fingerprint density at radius 1 is 1.28 bits per heavy atom. The highest BCUT2D eigenvalue weighted by molar-refractivity contribution is 7.91. The standard InChI is InChI=1S/C13H27NO3S/c1-13(2,3)6-7-14-8-10-18(15,16)11-12-5-4-9-17-12/h12,14H,4-11H2,1-3H3. The minimum absolute atomic E-state index is 0.0652. The van der Waals surface area contributed by atoms with Crippen molar-refractivity contribution < 1.29 is 13.2 Å². The van der Waals surface area contributed by atoms with Crippen molar-refractivity contribution in [1.82, 2.24) is 5.32 Å². The van der Waals surface area contributed by atoms with Crippen LogP contribution in [0.15, 0.2) is 0 Å². The number of hydrogen-bond donors (Lipinski definition) is 1. The molecule has 0 aromatic rings. The maximum Gasteiger partial charge on any atom is 0.154 e. The molecule has 108 valence electrons. The van der Waals surface area contributed by atoms with Crippen LogP contribution in [0.4, 0.5) is 0 Å². The highest BCUT2D eigenvalue weighted by Gasteiger charge is 2.22. The average molecular weight is 277 g/mol. The maximum absolute atomic E-state index is 11.8. The van der Waals surface area contributed by atoms with E-state index in [1.807, 2.05) is 0 Å². The summed E-state index contributed by atoms with van der Waals surface area (Å²) in [4.78, 5) is 0. The number of nitrogens with one attached hydrogen (secondary N) is 1. The van der Waals surface area contributed by atoms with Gasteiger partial charge in [0.2, 0.25) is 0 Å². The predicted octanol–water partition coefficient (Wildman–Crippen LogP) is 1.61. The number of rotatable bonds is 7. The van der Waals surface area contributed by atoms with Gasteiger partial charge >= 0.3 is 0 Å². The second-order valence-corrected chi connectivity index (χ2v) is 8.54. The molecule has 0 spiro atoms.